The second-order valence-electron chi connectivity index (χ2n) is 6.65. The van der Waals surface area contributed by atoms with E-state index in [0.717, 1.165) is 27.0 Å². The Labute approximate surface area is 173 Å². The van der Waals surface area contributed by atoms with Crippen LogP contribution in [0.5, 0.6) is 5.75 Å². The lowest BCUT2D eigenvalue weighted by Crippen LogP contribution is -2.19. The van der Waals surface area contributed by atoms with Crippen LogP contribution in [-0.2, 0) is 0 Å². The molecule has 0 atom stereocenters. The molecule has 140 valence electrons. The molecule has 0 unspecified atom stereocenters. The lowest BCUT2D eigenvalue weighted by Gasteiger charge is -2.25. The van der Waals surface area contributed by atoms with Crippen LogP contribution in [0.15, 0.2) is 42.5 Å². The van der Waals surface area contributed by atoms with E-state index in [4.69, 9.17) is 4.74 Å². The summed E-state index contributed by atoms with van der Waals surface area (Å²) in [5.41, 5.74) is 0.644. The quantitative estimate of drug-likeness (QED) is 0.335. The van der Waals surface area contributed by atoms with E-state index in [2.05, 4.69) is 22.6 Å². The molecule has 1 fully saturated rings. The van der Waals surface area contributed by atoms with Gasteiger partial charge in [0.15, 0.2) is 11.6 Å². The molecular weight excluding hydrogens is 484 g/mol. The molecule has 1 aliphatic carbocycles. The van der Waals surface area contributed by atoms with Gasteiger partial charge in [-0.3, -0.25) is 0 Å². The van der Waals surface area contributed by atoms with E-state index in [-0.39, 0.29) is 16.9 Å². The lowest BCUT2D eigenvalue weighted by molar-refractivity contribution is 0.174. The van der Waals surface area contributed by atoms with Crippen molar-refractivity contribution in [1.82, 2.24) is 0 Å². The average Bonchev–Trinajstić information content (AvgIpc) is 3.04. The molecule has 1 aliphatic rings. The molecule has 27 heavy (non-hydrogen) atoms. The van der Waals surface area contributed by atoms with Gasteiger partial charge in [0.25, 0.3) is 0 Å². The molecule has 3 aromatic rings. The van der Waals surface area contributed by atoms with E-state index in [9.17, 15) is 13.2 Å². The molecule has 1 heterocycles. The molecular formula is C21H16F3IOS. The molecule has 1 saturated carbocycles. The van der Waals surface area contributed by atoms with Gasteiger partial charge in [0.1, 0.15) is 5.82 Å². The third-order valence-electron chi connectivity index (χ3n) is 4.86. The number of halogens is 4. The van der Waals surface area contributed by atoms with Crippen molar-refractivity contribution in [3.8, 4) is 27.3 Å². The highest BCUT2D eigenvalue weighted by Crippen LogP contribution is 2.36. The SMILES string of the molecule is Fc1cc(-c2ccc(I)s2)ccc1-c1ccc(OCC2CCC2)c(F)c1F. The predicted octanol–water partition coefficient (Wildman–Crippen LogP) is 7.28. The Morgan fingerprint density at radius 3 is 2.37 bits per heavy atom. The molecule has 6 heteroatoms. The third kappa shape index (κ3) is 3.87. The van der Waals surface area contributed by atoms with E-state index in [1.807, 2.05) is 12.1 Å². The molecule has 0 bridgehead atoms. The van der Waals surface area contributed by atoms with Crippen molar-refractivity contribution in [3.63, 3.8) is 0 Å². The van der Waals surface area contributed by atoms with E-state index in [0.29, 0.717) is 18.1 Å². The van der Waals surface area contributed by atoms with Crippen molar-refractivity contribution in [2.75, 3.05) is 6.61 Å². The average molecular weight is 500 g/mol. The van der Waals surface area contributed by atoms with Gasteiger partial charge in [-0.15, -0.1) is 11.3 Å². The Hall–Kier alpha value is -1.54. The monoisotopic (exact) mass is 500 g/mol. The van der Waals surface area contributed by atoms with E-state index >= 15 is 0 Å². The highest BCUT2D eigenvalue weighted by molar-refractivity contribution is 14.1. The predicted molar refractivity (Wildman–Crippen MR) is 111 cm³/mol. The summed E-state index contributed by atoms with van der Waals surface area (Å²) in [5.74, 6) is -2.44. The number of rotatable bonds is 5. The fourth-order valence-corrected chi connectivity index (χ4v) is 4.69. The molecule has 0 aliphatic heterocycles. The molecule has 1 nitrogen and oxygen atoms in total. The zero-order chi connectivity index (χ0) is 19.0. The Bertz CT molecular complexity index is 982. The van der Waals surface area contributed by atoms with Gasteiger partial charge in [-0.25, -0.2) is 8.78 Å². The largest absolute Gasteiger partial charge is 0.490 e. The smallest absolute Gasteiger partial charge is 0.201 e. The number of ether oxygens (including phenoxy) is 1. The van der Waals surface area contributed by atoms with Crippen molar-refractivity contribution >= 4 is 33.9 Å². The Balaban J connectivity index is 1.61. The standard InChI is InChI=1S/C21H16F3IOS/c22-16-10-13(18-8-9-19(25)27-18)4-5-14(16)15-6-7-17(21(24)20(15)23)26-11-12-2-1-3-12/h4-10,12H,1-3,11H2. The second kappa shape index (κ2) is 7.83. The fourth-order valence-electron chi connectivity index (χ4n) is 3.07. The van der Waals surface area contributed by atoms with Gasteiger partial charge in [-0.1, -0.05) is 18.6 Å². The number of hydrogen-bond donors (Lipinski definition) is 0. The number of hydrogen-bond acceptors (Lipinski definition) is 2. The summed E-state index contributed by atoms with van der Waals surface area (Å²) in [6.07, 6.45) is 3.27. The summed E-state index contributed by atoms with van der Waals surface area (Å²) in [6, 6.07) is 11.2. The van der Waals surface area contributed by atoms with Crippen molar-refractivity contribution in [3.05, 3.63) is 62.8 Å². The van der Waals surface area contributed by atoms with Crippen molar-refractivity contribution in [1.29, 1.82) is 0 Å². The minimum absolute atomic E-state index is 0.0342. The molecule has 0 amide bonds. The number of thiophene rings is 1. The Morgan fingerprint density at radius 1 is 0.963 bits per heavy atom. The minimum atomic E-state index is -1.08. The van der Waals surface area contributed by atoms with E-state index in [1.54, 1.807) is 17.4 Å². The molecule has 4 rings (SSSR count). The molecule has 0 radical (unpaired) electrons. The van der Waals surface area contributed by atoms with Crippen LogP contribution < -0.4 is 4.74 Å². The Morgan fingerprint density at radius 2 is 1.74 bits per heavy atom. The van der Waals surface area contributed by atoms with Crippen LogP contribution in [0.25, 0.3) is 21.6 Å². The summed E-state index contributed by atoms with van der Waals surface area (Å²) in [5, 5.41) is 0. The normalized spacial score (nSPS) is 14.2. The summed E-state index contributed by atoms with van der Waals surface area (Å²) in [6.45, 7) is 0.387. The zero-order valence-corrected chi connectivity index (χ0v) is 17.2. The molecule has 0 spiro atoms. The maximum absolute atomic E-state index is 14.6. The van der Waals surface area contributed by atoms with Gasteiger partial charge < -0.3 is 4.74 Å². The van der Waals surface area contributed by atoms with E-state index in [1.165, 1.54) is 24.3 Å². The first kappa shape index (κ1) is 18.8. The first-order valence-electron chi connectivity index (χ1n) is 8.69. The molecule has 0 saturated heterocycles. The molecule has 1 aromatic heterocycles. The fraction of sp³-hybridized carbons (Fsp3) is 0.238. The van der Waals surface area contributed by atoms with Gasteiger partial charge >= 0.3 is 0 Å². The van der Waals surface area contributed by atoms with Crippen LogP contribution >= 0.6 is 33.9 Å². The van der Waals surface area contributed by atoms with Gasteiger partial charge in [-0.2, -0.15) is 4.39 Å². The van der Waals surface area contributed by atoms with Crippen LogP contribution in [0.1, 0.15) is 19.3 Å². The van der Waals surface area contributed by atoms with Crippen molar-refractivity contribution < 1.29 is 17.9 Å². The minimum Gasteiger partial charge on any atom is -0.490 e. The summed E-state index contributed by atoms with van der Waals surface area (Å²) in [7, 11) is 0. The van der Waals surface area contributed by atoms with Crippen LogP contribution in [0.2, 0.25) is 0 Å². The maximum Gasteiger partial charge on any atom is 0.201 e. The first-order valence-corrected chi connectivity index (χ1v) is 10.6. The number of benzene rings is 2. The summed E-state index contributed by atoms with van der Waals surface area (Å²) < 4.78 is 50.1. The highest BCUT2D eigenvalue weighted by Gasteiger charge is 2.22. The van der Waals surface area contributed by atoms with Gasteiger partial charge in [0, 0.05) is 16.0 Å². The maximum atomic E-state index is 14.6. The van der Waals surface area contributed by atoms with Crippen LogP contribution in [0.3, 0.4) is 0 Å². The Kier molecular flexibility index (Phi) is 5.45. The van der Waals surface area contributed by atoms with Gasteiger partial charge in [0.05, 0.1) is 9.49 Å². The first-order chi connectivity index (χ1) is 13.0. The highest BCUT2D eigenvalue weighted by atomic mass is 127. The van der Waals surface area contributed by atoms with Crippen LogP contribution in [-0.4, -0.2) is 6.61 Å². The van der Waals surface area contributed by atoms with E-state index < -0.39 is 17.5 Å². The van der Waals surface area contributed by atoms with Crippen molar-refractivity contribution in [2.24, 2.45) is 5.92 Å². The van der Waals surface area contributed by atoms with Crippen molar-refractivity contribution in [2.45, 2.75) is 19.3 Å². The van der Waals surface area contributed by atoms with Crippen LogP contribution in [0.4, 0.5) is 13.2 Å². The van der Waals surface area contributed by atoms with Crippen LogP contribution in [0, 0.1) is 26.3 Å². The molecule has 2 aromatic carbocycles. The zero-order valence-electron chi connectivity index (χ0n) is 14.3. The van der Waals surface area contributed by atoms with Gasteiger partial charge in [-0.05, 0) is 77.2 Å². The third-order valence-corrected chi connectivity index (χ3v) is 6.81. The van der Waals surface area contributed by atoms with Gasteiger partial charge in [0.2, 0.25) is 5.82 Å². The molecule has 0 N–H and O–H groups in total. The summed E-state index contributed by atoms with van der Waals surface area (Å²) >= 11 is 3.74. The topological polar surface area (TPSA) is 9.23 Å². The lowest BCUT2D eigenvalue weighted by atomic mass is 9.86. The summed E-state index contributed by atoms with van der Waals surface area (Å²) in [4.78, 5) is 0.927. The second-order valence-corrected chi connectivity index (χ2v) is 9.62.